The molecule has 0 aromatic carbocycles. The van der Waals surface area contributed by atoms with E-state index in [9.17, 15) is 4.79 Å². The molecule has 19 heavy (non-hydrogen) atoms. The molecule has 0 aliphatic carbocycles. The summed E-state index contributed by atoms with van der Waals surface area (Å²) in [5, 5.41) is 0.951. The van der Waals surface area contributed by atoms with Gasteiger partial charge in [-0.2, -0.15) is 0 Å². The minimum Gasteiger partial charge on any atom is -0.461 e. The van der Waals surface area contributed by atoms with E-state index < -0.39 is 0 Å². The first-order valence-electron chi connectivity index (χ1n) is 6.17. The van der Waals surface area contributed by atoms with E-state index in [2.05, 4.69) is 4.98 Å². The average Bonchev–Trinajstić information content (AvgIpc) is 2.73. The lowest BCUT2D eigenvalue weighted by Gasteiger charge is -2.08. The molecule has 2 aromatic rings. The average molecular weight is 279 g/mol. The highest BCUT2D eigenvalue weighted by atomic mass is 32.2. The largest absolute Gasteiger partial charge is 0.461 e. The molecule has 2 N–H and O–H groups in total. The van der Waals surface area contributed by atoms with Crippen LogP contribution in [0.2, 0.25) is 0 Å². The van der Waals surface area contributed by atoms with Gasteiger partial charge in [-0.15, -0.1) is 11.8 Å². The van der Waals surface area contributed by atoms with Gasteiger partial charge in [0.15, 0.2) is 5.69 Å². The first-order chi connectivity index (χ1) is 9.19. The van der Waals surface area contributed by atoms with Crippen LogP contribution in [0.3, 0.4) is 0 Å². The van der Waals surface area contributed by atoms with Crippen molar-refractivity contribution in [3.8, 4) is 0 Å². The summed E-state index contributed by atoms with van der Waals surface area (Å²) in [7, 11) is 0. The van der Waals surface area contributed by atoms with Crippen LogP contribution in [0.5, 0.6) is 0 Å². The molecule has 0 aliphatic heterocycles. The second-order valence-corrected chi connectivity index (χ2v) is 5.08. The van der Waals surface area contributed by atoms with Crippen molar-refractivity contribution in [3.63, 3.8) is 0 Å². The van der Waals surface area contributed by atoms with Crippen molar-refractivity contribution in [1.29, 1.82) is 0 Å². The molecule has 0 fully saturated rings. The number of fused-ring (bicyclic) bond motifs is 1. The molecule has 0 unspecified atom stereocenters. The Morgan fingerprint density at radius 2 is 2.32 bits per heavy atom. The Labute approximate surface area is 116 Å². The highest BCUT2D eigenvalue weighted by Gasteiger charge is 2.19. The fourth-order valence-electron chi connectivity index (χ4n) is 1.89. The van der Waals surface area contributed by atoms with Gasteiger partial charge >= 0.3 is 5.97 Å². The lowest BCUT2D eigenvalue weighted by Crippen LogP contribution is -2.11. The van der Waals surface area contributed by atoms with Crippen LogP contribution in [0, 0.1) is 6.92 Å². The number of hydrogen-bond donors (Lipinski definition) is 1. The molecule has 2 aromatic heterocycles. The Bertz CT molecular complexity index is 595. The van der Waals surface area contributed by atoms with Gasteiger partial charge < -0.3 is 10.5 Å². The topological polar surface area (TPSA) is 69.6 Å². The van der Waals surface area contributed by atoms with Crippen molar-refractivity contribution in [2.24, 2.45) is 5.73 Å². The van der Waals surface area contributed by atoms with Gasteiger partial charge in [-0.05, 0) is 26.0 Å². The molecule has 0 saturated carbocycles. The number of aromatic nitrogens is 2. The van der Waals surface area contributed by atoms with Crippen molar-refractivity contribution in [3.05, 3.63) is 29.6 Å². The normalized spacial score (nSPS) is 10.9. The zero-order valence-electron chi connectivity index (χ0n) is 11.0. The number of carbonyl (C=O) groups is 1. The third-order valence-electron chi connectivity index (χ3n) is 2.62. The first-order valence-corrected chi connectivity index (χ1v) is 7.15. The number of nitrogens with zero attached hydrogens (tertiary/aromatic N) is 2. The smallest absolute Gasteiger partial charge is 0.357 e. The van der Waals surface area contributed by atoms with Gasteiger partial charge in [0, 0.05) is 12.3 Å². The van der Waals surface area contributed by atoms with Gasteiger partial charge in [0.25, 0.3) is 0 Å². The monoisotopic (exact) mass is 279 g/mol. The number of ether oxygens (including phenoxy) is 1. The van der Waals surface area contributed by atoms with Crippen LogP contribution in [0.1, 0.15) is 23.1 Å². The van der Waals surface area contributed by atoms with E-state index in [1.165, 1.54) is 0 Å². The zero-order valence-corrected chi connectivity index (χ0v) is 11.9. The summed E-state index contributed by atoms with van der Waals surface area (Å²) in [5.41, 5.74) is 7.46. The number of hydrogen-bond acceptors (Lipinski definition) is 5. The van der Waals surface area contributed by atoms with Crippen molar-refractivity contribution < 1.29 is 9.53 Å². The van der Waals surface area contributed by atoms with Gasteiger partial charge in [0.1, 0.15) is 5.65 Å². The molecule has 0 aliphatic rings. The van der Waals surface area contributed by atoms with Gasteiger partial charge in [-0.25, -0.2) is 9.78 Å². The van der Waals surface area contributed by atoms with E-state index in [1.54, 1.807) is 18.7 Å². The molecule has 102 valence electrons. The first kappa shape index (κ1) is 13.9. The molecule has 0 radical (unpaired) electrons. The van der Waals surface area contributed by atoms with Crippen LogP contribution in [-0.4, -0.2) is 34.3 Å². The number of carbonyl (C=O) groups excluding carboxylic acids is 1. The third-order valence-corrected chi connectivity index (χ3v) is 3.67. The number of esters is 1. The van der Waals surface area contributed by atoms with Crippen LogP contribution < -0.4 is 5.73 Å². The molecule has 0 atom stereocenters. The molecule has 0 saturated heterocycles. The Balaban J connectivity index is 2.55. The zero-order chi connectivity index (χ0) is 13.8. The van der Waals surface area contributed by atoms with Crippen LogP contribution in [0.15, 0.2) is 23.2 Å². The third kappa shape index (κ3) is 2.74. The maximum atomic E-state index is 12.0. The Hall–Kier alpha value is -1.53. The van der Waals surface area contributed by atoms with Crippen molar-refractivity contribution in [2.45, 2.75) is 18.9 Å². The molecule has 0 amide bonds. The summed E-state index contributed by atoms with van der Waals surface area (Å²) in [6.07, 6.45) is 0. The number of thioether (sulfide) groups is 1. The Morgan fingerprint density at radius 3 is 3.00 bits per heavy atom. The fraction of sp³-hybridized carbons (Fsp3) is 0.385. The molecule has 0 bridgehead atoms. The molecule has 5 nitrogen and oxygen atoms in total. The lowest BCUT2D eigenvalue weighted by atomic mass is 10.3. The van der Waals surface area contributed by atoms with Crippen molar-refractivity contribution in [2.75, 3.05) is 18.9 Å². The summed E-state index contributed by atoms with van der Waals surface area (Å²) < 4.78 is 6.94. The van der Waals surface area contributed by atoms with Gasteiger partial charge in [-0.3, -0.25) is 4.40 Å². The standard InChI is InChI=1S/C13H17N3O2S/c1-3-18-13(17)12-9(2)15-10-5-4-6-11(16(10)12)19-8-7-14/h4-6H,3,7-8,14H2,1-2H3. The van der Waals surface area contributed by atoms with Crippen molar-refractivity contribution in [1.82, 2.24) is 9.38 Å². The Kier molecular flexibility index (Phi) is 4.44. The highest BCUT2D eigenvalue weighted by Crippen LogP contribution is 2.23. The highest BCUT2D eigenvalue weighted by molar-refractivity contribution is 7.99. The van der Waals surface area contributed by atoms with Crippen LogP contribution in [0.4, 0.5) is 0 Å². The predicted octanol–water partition coefficient (Wildman–Crippen LogP) is 1.87. The summed E-state index contributed by atoms with van der Waals surface area (Å²) in [5.74, 6) is 0.451. The quantitative estimate of drug-likeness (QED) is 0.668. The molecular formula is C13H17N3O2S. The molecule has 6 heteroatoms. The number of nitrogens with two attached hydrogens (primary N) is 1. The van der Waals surface area contributed by atoms with E-state index in [1.807, 2.05) is 29.5 Å². The second-order valence-electron chi connectivity index (χ2n) is 3.96. The van der Waals surface area contributed by atoms with Crippen LogP contribution >= 0.6 is 11.8 Å². The van der Waals surface area contributed by atoms with E-state index in [0.717, 1.165) is 16.4 Å². The SMILES string of the molecule is CCOC(=O)c1c(C)nc2cccc(SCCN)n12. The number of rotatable bonds is 5. The summed E-state index contributed by atoms with van der Waals surface area (Å²) in [6.45, 7) is 4.55. The van der Waals surface area contributed by atoms with Gasteiger partial charge in [0.2, 0.25) is 0 Å². The molecule has 2 heterocycles. The fourth-order valence-corrected chi connectivity index (χ4v) is 2.71. The van der Waals surface area contributed by atoms with Crippen molar-refractivity contribution >= 4 is 23.4 Å². The Morgan fingerprint density at radius 1 is 1.53 bits per heavy atom. The lowest BCUT2D eigenvalue weighted by molar-refractivity contribution is 0.0516. The molecule has 0 spiro atoms. The van der Waals surface area contributed by atoms with E-state index >= 15 is 0 Å². The second kappa shape index (κ2) is 6.08. The van der Waals surface area contributed by atoms with E-state index in [-0.39, 0.29) is 5.97 Å². The summed E-state index contributed by atoms with van der Waals surface area (Å²) in [4.78, 5) is 16.5. The minimum absolute atomic E-state index is 0.340. The van der Waals surface area contributed by atoms with Crippen LogP contribution in [0.25, 0.3) is 5.65 Å². The number of imidazole rings is 1. The maximum Gasteiger partial charge on any atom is 0.357 e. The molecular weight excluding hydrogens is 262 g/mol. The summed E-state index contributed by atoms with van der Waals surface area (Å²) in [6, 6.07) is 5.76. The molecule has 2 rings (SSSR count). The van der Waals surface area contributed by atoms with Gasteiger partial charge in [0.05, 0.1) is 17.3 Å². The van der Waals surface area contributed by atoms with E-state index in [4.69, 9.17) is 10.5 Å². The van der Waals surface area contributed by atoms with Gasteiger partial charge in [-0.1, -0.05) is 6.07 Å². The maximum absolute atomic E-state index is 12.0. The minimum atomic E-state index is -0.340. The van der Waals surface area contributed by atoms with E-state index in [0.29, 0.717) is 24.5 Å². The number of aryl methyl sites for hydroxylation is 1. The summed E-state index contributed by atoms with van der Waals surface area (Å²) >= 11 is 1.60. The predicted molar refractivity (Wildman–Crippen MR) is 75.7 cm³/mol. The van der Waals surface area contributed by atoms with Crippen LogP contribution in [-0.2, 0) is 4.74 Å². The number of pyridine rings is 1.